The number of anilines is 2. The zero-order valence-electron chi connectivity index (χ0n) is 19.2. The first-order chi connectivity index (χ1) is 15.2. The van der Waals surface area contributed by atoms with E-state index in [1.807, 2.05) is 24.6 Å². The number of piperazine rings is 1. The Labute approximate surface area is 213 Å². The van der Waals surface area contributed by atoms with Gasteiger partial charge in [0.2, 0.25) is 0 Å². The third kappa shape index (κ3) is 6.71. The summed E-state index contributed by atoms with van der Waals surface area (Å²) < 4.78 is 0. The quantitative estimate of drug-likeness (QED) is 0.317. The third-order valence-electron chi connectivity index (χ3n) is 6.29. The number of hydrogen-bond donors (Lipinski definition) is 2. The SMILES string of the molecule is CCN1CCN(c2cc(CNC(=NC)NC3CCN(c4cccs4)CC3)ccn2)CC1.I. The van der Waals surface area contributed by atoms with E-state index in [4.69, 9.17) is 0 Å². The molecule has 32 heavy (non-hydrogen) atoms. The predicted molar refractivity (Wildman–Crippen MR) is 147 cm³/mol. The molecule has 2 aliphatic heterocycles. The Morgan fingerprint density at radius 3 is 2.56 bits per heavy atom. The van der Waals surface area contributed by atoms with Gasteiger partial charge in [-0.3, -0.25) is 4.99 Å². The molecule has 2 N–H and O–H groups in total. The maximum atomic E-state index is 4.61. The monoisotopic (exact) mass is 569 g/mol. The number of piperidine rings is 1. The summed E-state index contributed by atoms with van der Waals surface area (Å²) in [4.78, 5) is 16.4. The maximum absolute atomic E-state index is 4.61. The average molecular weight is 570 g/mol. The van der Waals surface area contributed by atoms with Crippen molar-refractivity contribution in [3.63, 3.8) is 0 Å². The van der Waals surface area contributed by atoms with Crippen LogP contribution in [0.25, 0.3) is 0 Å². The predicted octanol–water partition coefficient (Wildman–Crippen LogP) is 3.24. The van der Waals surface area contributed by atoms with Crippen LogP contribution in [-0.4, -0.2) is 74.7 Å². The summed E-state index contributed by atoms with van der Waals surface area (Å²) >= 11 is 1.83. The molecule has 4 rings (SSSR count). The molecule has 0 amide bonds. The third-order valence-corrected chi connectivity index (χ3v) is 7.22. The van der Waals surface area contributed by atoms with E-state index in [1.165, 1.54) is 10.6 Å². The molecule has 0 aromatic carbocycles. The van der Waals surface area contributed by atoms with Gasteiger partial charge in [0.05, 0.1) is 5.00 Å². The lowest BCUT2D eigenvalue weighted by atomic mass is 10.1. The van der Waals surface area contributed by atoms with E-state index in [1.54, 1.807) is 0 Å². The molecular formula is C23H36IN7S. The first kappa shape index (κ1) is 25.0. The number of pyridine rings is 1. The summed E-state index contributed by atoms with van der Waals surface area (Å²) in [5, 5.41) is 10.6. The van der Waals surface area contributed by atoms with E-state index in [9.17, 15) is 0 Å². The lowest BCUT2D eigenvalue weighted by molar-refractivity contribution is 0.270. The van der Waals surface area contributed by atoms with E-state index < -0.39 is 0 Å². The first-order valence-corrected chi connectivity index (χ1v) is 12.3. The zero-order valence-corrected chi connectivity index (χ0v) is 22.3. The standard InChI is InChI=1S/C23H35N7S.HI/c1-3-28-12-14-29(15-13-28)21-17-19(6-9-25-21)18-26-23(24-2)27-20-7-10-30(11-8-20)22-5-4-16-31-22;/h4-6,9,16-17,20H,3,7-8,10-15,18H2,1-2H3,(H2,24,26,27);1H. The minimum atomic E-state index is 0. The van der Waals surface area contributed by atoms with Gasteiger partial charge in [0.1, 0.15) is 5.82 Å². The van der Waals surface area contributed by atoms with Crippen LogP contribution in [0.5, 0.6) is 0 Å². The van der Waals surface area contributed by atoms with Crippen LogP contribution in [0.1, 0.15) is 25.3 Å². The number of nitrogens with one attached hydrogen (secondary N) is 2. The Balaban J connectivity index is 0.00000289. The van der Waals surface area contributed by atoms with Crippen LogP contribution in [0.4, 0.5) is 10.8 Å². The molecular weight excluding hydrogens is 533 g/mol. The minimum Gasteiger partial charge on any atom is -0.363 e. The number of rotatable bonds is 6. The fourth-order valence-electron chi connectivity index (χ4n) is 4.30. The van der Waals surface area contributed by atoms with Crippen molar-refractivity contribution in [1.82, 2.24) is 20.5 Å². The summed E-state index contributed by atoms with van der Waals surface area (Å²) in [6.07, 6.45) is 4.18. The number of hydrogen-bond acceptors (Lipinski definition) is 6. The second-order valence-corrected chi connectivity index (χ2v) is 9.15. The maximum Gasteiger partial charge on any atom is 0.191 e. The highest BCUT2D eigenvalue weighted by Crippen LogP contribution is 2.24. The lowest BCUT2D eigenvalue weighted by Crippen LogP contribution is -2.48. The Kier molecular flexibility index (Phi) is 9.86. The molecule has 2 aromatic heterocycles. The molecule has 0 spiro atoms. The number of halogens is 1. The number of nitrogens with zero attached hydrogens (tertiary/aromatic N) is 5. The van der Waals surface area contributed by atoms with Crippen molar-refractivity contribution in [3.8, 4) is 0 Å². The second kappa shape index (κ2) is 12.6. The summed E-state index contributed by atoms with van der Waals surface area (Å²) in [5.74, 6) is 1.96. The van der Waals surface area contributed by atoms with Crippen molar-refractivity contribution >= 4 is 52.1 Å². The average Bonchev–Trinajstić information content (AvgIpc) is 3.37. The number of thiophene rings is 1. The van der Waals surface area contributed by atoms with Crippen LogP contribution in [0, 0.1) is 0 Å². The highest BCUT2D eigenvalue weighted by molar-refractivity contribution is 14.0. The van der Waals surface area contributed by atoms with Crippen molar-refractivity contribution in [1.29, 1.82) is 0 Å². The van der Waals surface area contributed by atoms with Crippen LogP contribution < -0.4 is 20.4 Å². The van der Waals surface area contributed by atoms with Gasteiger partial charge >= 0.3 is 0 Å². The smallest absolute Gasteiger partial charge is 0.191 e. The summed E-state index contributed by atoms with van der Waals surface area (Å²) in [6.45, 7) is 10.6. The Morgan fingerprint density at radius 2 is 1.91 bits per heavy atom. The molecule has 4 heterocycles. The Hall–Kier alpha value is -1.59. The van der Waals surface area contributed by atoms with Crippen molar-refractivity contribution in [2.75, 3.05) is 62.7 Å². The van der Waals surface area contributed by atoms with Crippen molar-refractivity contribution in [2.45, 2.75) is 32.4 Å². The molecule has 0 atom stereocenters. The van der Waals surface area contributed by atoms with Gasteiger partial charge in [-0.05, 0) is 54.6 Å². The van der Waals surface area contributed by atoms with Crippen LogP contribution in [0.2, 0.25) is 0 Å². The fourth-order valence-corrected chi connectivity index (χ4v) is 5.09. The molecule has 0 saturated carbocycles. The number of aromatic nitrogens is 1. The first-order valence-electron chi connectivity index (χ1n) is 11.4. The van der Waals surface area contributed by atoms with Gasteiger partial charge in [-0.15, -0.1) is 35.3 Å². The van der Waals surface area contributed by atoms with Crippen molar-refractivity contribution < 1.29 is 0 Å². The van der Waals surface area contributed by atoms with Crippen LogP contribution in [0.3, 0.4) is 0 Å². The molecule has 2 saturated heterocycles. The molecule has 0 radical (unpaired) electrons. The lowest BCUT2D eigenvalue weighted by Gasteiger charge is -2.35. The minimum absolute atomic E-state index is 0. The number of likely N-dealkylation sites (N-methyl/N-ethyl adjacent to an activating group) is 1. The normalized spacial score (nSPS) is 18.4. The van der Waals surface area contributed by atoms with Gasteiger partial charge in [-0.1, -0.05) is 6.92 Å². The molecule has 0 bridgehead atoms. The van der Waals surface area contributed by atoms with Gasteiger partial charge in [0, 0.05) is 65.1 Å². The van der Waals surface area contributed by atoms with E-state index in [2.05, 4.69) is 71.9 Å². The van der Waals surface area contributed by atoms with Crippen LogP contribution in [-0.2, 0) is 6.54 Å². The Morgan fingerprint density at radius 1 is 1.12 bits per heavy atom. The molecule has 176 valence electrons. The highest BCUT2D eigenvalue weighted by Gasteiger charge is 2.21. The number of guanidine groups is 1. The highest BCUT2D eigenvalue weighted by atomic mass is 127. The summed E-state index contributed by atoms with van der Waals surface area (Å²) in [6, 6.07) is 9.11. The molecule has 2 aromatic rings. The van der Waals surface area contributed by atoms with Crippen molar-refractivity contribution in [3.05, 3.63) is 41.4 Å². The van der Waals surface area contributed by atoms with Gasteiger partial charge in [-0.25, -0.2) is 4.98 Å². The molecule has 7 nitrogen and oxygen atoms in total. The summed E-state index contributed by atoms with van der Waals surface area (Å²) in [7, 11) is 1.85. The topological polar surface area (TPSA) is 59.0 Å². The van der Waals surface area contributed by atoms with Crippen LogP contribution >= 0.6 is 35.3 Å². The molecule has 0 aliphatic carbocycles. The van der Waals surface area contributed by atoms with E-state index in [0.29, 0.717) is 6.04 Å². The molecule has 0 unspecified atom stereocenters. The number of aliphatic imine (C=N–C) groups is 1. The Bertz CT molecular complexity index is 829. The van der Waals surface area contributed by atoms with Gasteiger partial charge in [-0.2, -0.15) is 0 Å². The largest absolute Gasteiger partial charge is 0.363 e. The molecule has 9 heteroatoms. The van der Waals surface area contributed by atoms with Crippen molar-refractivity contribution in [2.24, 2.45) is 4.99 Å². The fraction of sp³-hybridized carbons (Fsp3) is 0.565. The van der Waals surface area contributed by atoms with E-state index in [0.717, 1.165) is 77.0 Å². The van der Waals surface area contributed by atoms with E-state index in [-0.39, 0.29) is 24.0 Å². The van der Waals surface area contributed by atoms with E-state index >= 15 is 0 Å². The molecule has 2 aliphatic rings. The molecule has 2 fully saturated rings. The van der Waals surface area contributed by atoms with Gasteiger partial charge in [0.25, 0.3) is 0 Å². The van der Waals surface area contributed by atoms with Crippen LogP contribution in [0.15, 0.2) is 40.8 Å². The van der Waals surface area contributed by atoms with Gasteiger partial charge < -0.3 is 25.3 Å². The zero-order chi connectivity index (χ0) is 21.5. The van der Waals surface area contributed by atoms with Gasteiger partial charge in [0.15, 0.2) is 5.96 Å². The summed E-state index contributed by atoms with van der Waals surface area (Å²) in [5.41, 5.74) is 1.23. The second-order valence-electron chi connectivity index (χ2n) is 8.23.